The van der Waals surface area contributed by atoms with Gasteiger partial charge in [0.25, 0.3) is 5.91 Å². The molecule has 7 nitrogen and oxygen atoms in total. The first-order chi connectivity index (χ1) is 10.7. The first-order valence-corrected chi connectivity index (χ1v) is 6.81. The fraction of sp³-hybridized carbons (Fsp3) is 0.0714. The van der Waals surface area contributed by atoms with Crippen LogP contribution in [-0.4, -0.2) is 31.1 Å². The SMILES string of the molecule is O=C(NCc1nc(-c2cccnc2)n[nH]1)c1ccc(Cl)nc1. The van der Waals surface area contributed by atoms with Crippen LogP contribution in [0.5, 0.6) is 0 Å². The van der Waals surface area contributed by atoms with Crippen molar-refractivity contribution in [2.24, 2.45) is 0 Å². The van der Waals surface area contributed by atoms with Gasteiger partial charge >= 0.3 is 0 Å². The van der Waals surface area contributed by atoms with E-state index >= 15 is 0 Å². The molecule has 0 radical (unpaired) electrons. The number of pyridine rings is 2. The van der Waals surface area contributed by atoms with Gasteiger partial charge in [0.15, 0.2) is 5.82 Å². The van der Waals surface area contributed by atoms with E-state index in [4.69, 9.17) is 11.6 Å². The maximum Gasteiger partial charge on any atom is 0.253 e. The molecular weight excluding hydrogens is 304 g/mol. The zero-order chi connectivity index (χ0) is 15.4. The normalized spacial score (nSPS) is 10.4. The summed E-state index contributed by atoms with van der Waals surface area (Å²) in [7, 11) is 0. The monoisotopic (exact) mass is 314 g/mol. The van der Waals surface area contributed by atoms with Gasteiger partial charge in [0.05, 0.1) is 12.1 Å². The number of nitrogens with one attached hydrogen (secondary N) is 2. The molecule has 22 heavy (non-hydrogen) atoms. The van der Waals surface area contributed by atoms with Crippen LogP contribution < -0.4 is 5.32 Å². The number of carbonyl (C=O) groups excluding carboxylic acids is 1. The van der Waals surface area contributed by atoms with Gasteiger partial charge in [-0.1, -0.05) is 11.6 Å². The molecule has 1 amide bonds. The highest BCUT2D eigenvalue weighted by Crippen LogP contribution is 2.12. The molecule has 0 bridgehead atoms. The molecule has 3 rings (SSSR count). The minimum Gasteiger partial charge on any atom is -0.345 e. The van der Waals surface area contributed by atoms with Crippen LogP contribution in [0.15, 0.2) is 42.9 Å². The Balaban J connectivity index is 1.64. The van der Waals surface area contributed by atoms with Crippen molar-refractivity contribution >= 4 is 17.5 Å². The molecular formula is C14H11ClN6O. The first kappa shape index (κ1) is 14.2. The van der Waals surface area contributed by atoms with Gasteiger partial charge in [-0.05, 0) is 24.3 Å². The minimum atomic E-state index is -0.261. The summed E-state index contributed by atoms with van der Waals surface area (Å²) in [6, 6.07) is 6.83. The summed E-state index contributed by atoms with van der Waals surface area (Å²) in [5.74, 6) is 0.822. The Hall–Kier alpha value is -2.80. The Morgan fingerprint density at radius 3 is 2.91 bits per heavy atom. The maximum atomic E-state index is 11.9. The van der Waals surface area contributed by atoms with Crippen molar-refractivity contribution in [2.75, 3.05) is 0 Å². The van der Waals surface area contributed by atoms with E-state index in [2.05, 4.69) is 30.5 Å². The van der Waals surface area contributed by atoms with E-state index in [0.29, 0.717) is 22.4 Å². The molecule has 2 N–H and O–H groups in total. The van der Waals surface area contributed by atoms with Crippen LogP contribution in [0.3, 0.4) is 0 Å². The van der Waals surface area contributed by atoms with Gasteiger partial charge in [-0.3, -0.25) is 14.9 Å². The molecule has 0 fully saturated rings. The zero-order valence-corrected chi connectivity index (χ0v) is 12.1. The number of amides is 1. The molecule has 3 aromatic heterocycles. The van der Waals surface area contributed by atoms with E-state index in [0.717, 1.165) is 5.56 Å². The summed E-state index contributed by atoms with van der Waals surface area (Å²) >= 11 is 5.68. The van der Waals surface area contributed by atoms with Crippen LogP contribution in [0, 0.1) is 0 Å². The van der Waals surface area contributed by atoms with Crippen molar-refractivity contribution in [3.63, 3.8) is 0 Å². The van der Waals surface area contributed by atoms with Gasteiger partial charge in [-0.15, -0.1) is 0 Å². The van der Waals surface area contributed by atoms with E-state index < -0.39 is 0 Å². The summed E-state index contributed by atoms with van der Waals surface area (Å²) in [4.78, 5) is 24.1. The highest BCUT2D eigenvalue weighted by molar-refractivity contribution is 6.29. The third-order valence-electron chi connectivity index (χ3n) is 2.86. The van der Waals surface area contributed by atoms with E-state index in [9.17, 15) is 4.79 Å². The third kappa shape index (κ3) is 3.26. The molecule has 0 aromatic carbocycles. The van der Waals surface area contributed by atoms with Crippen molar-refractivity contribution in [1.29, 1.82) is 0 Å². The molecule has 110 valence electrons. The van der Waals surface area contributed by atoms with Crippen LogP contribution in [0.25, 0.3) is 11.4 Å². The van der Waals surface area contributed by atoms with Crippen LogP contribution >= 0.6 is 11.6 Å². The lowest BCUT2D eigenvalue weighted by Crippen LogP contribution is -2.23. The fourth-order valence-corrected chi connectivity index (χ4v) is 1.89. The summed E-state index contributed by atoms with van der Waals surface area (Å²) in [6.07, 6.45) is 4.77. The van der Waals surface area contributed by atoms with Gasteiger partial charge in [-0.25, -0.2) is 9.97 Å². The van der Waals surface area contributed by atoms with Crippen LogP contribution in [-0.2, 0) is 6.54 Å². The van der Waals surface area contributed by atoms with Crippen molar-refractivity contribution in [3.8, 4) is 11.4 Å². The Morgan fingerprint density at radius 2 is 2.18 bits per heavy atom. The zero-order valence-electron chi connectivity index (χ0n) is 11.3. The molecule has 0 aliphatic carbocycles. The third-order valence-corrected chi connectivity index (χ3v) is 3.08. The van der Waals surface area contributed by atoms with E-state index in [1.807, 2.05) is 6.07 Å². The number of hydrogen-bond acceptors (Lipinski definition) is 5. The summed E-state index contributed by atoms with van der Waals surface area (Å²) in [5.41, 5.74) is 1.23. The van der Waals surface area contributed by atoms with Crippen molar-refractivity contribution in [1.82, 2.24) is 30.5 Å². The molecule has 0 aliphatic rings. The predicted molar refractivity (Wildman–Crippen MR) is 80.0 cm³/mol. The first-order valence-electron chi connectivity index (χ1n) is 6.44. The molecule has 8 heteroatoms. The molecule has 3 aromatic rings. The lowest BCUT2D eigenvalue weighted by atomic mass is 10.2. The molecule has 0 aliphatic heterocycles. The van der Waals surface area contributed by atoms with Crippen molar-refractivity contribution < 1.29 is 4.79 Å². The number of aromatic nitrogens is 5. The second kappa shape index (κ2) is 6.31. The van der Waals surface area contributed by atoms with E-state index in [-0.39, 0.29) is 12.5 Å². The lowest BCUT2D eigenvalue weighted by Gasteiger charge is -2.02. The molecule has 0 spiro atoms. The highest BCUT2D eigenvalue weighted by Gasteiger charge is 2.09. The average Bonchev–Trinajstić information content (AvgIpc) is 3.03. The van der Waals surface area contributed by atoms with Gasteiger partial charge < -0.3 is 5.32 Å². The summed E-state index contributed by atoms with van der Waals surface area (Å²) in [6.45, 7) is 0.231. The highest BCUT2D eigenvalue weighted by atomic mass is 35.5. The van der Waals surface area contributed by atoms with Gasteiger partial charge in [0.2, 0.25) is 0 Å². The summed E-state index contributed by atoms with van der Waals surface area (Å²) < 4.78 is 0. The topological polar surface area (TPSA) is 96.5 Å². The molecule has 0 saturated carbocycles. The number of rotatable bonds is 4. The van der Waals surface area contributed by atoms with Gasteiger partial charge in [0, 0.05) is 24.2 Å². The standard InChI is InChI=1S/C14H11ClN6O/c15-11-4-3-10(7-17-11)14(22)18-8-12-19-13(21-20-12)9-2-1-5-16-6-9/h1-7H,8H2,(H,18,22)(H,19,20,21). The Kier molecular flexibility index (Phi) is 4.06. The summed E-state index contributed by atoms with van der Waals surface area (Å²) in [5, 5.41) is 9.94. The number of nitrogens with zero attached hydrogens (tertiary/aromatic N) is 4. The number of H-pyrrole nitrogens is 1. The quantitative estimate of drug-likeness (QED) is 0.716. The van der Waals surface area contributed by atoms with Crippen molar-refractivity contribution in [2.45, 2.75) is 6.54 Å². The Bertz CT molecular complexity index is 772. The number of halogens is 1. The molecule has 0 unspecified atom stereocenters. The average molecular weight is 315 g/mol. The van der Waals surface area contributed by atoms with Crippen LogP contribution in [0.2, 0.25) is 5.15 Å². The van der Waals surface area contributed by atoms with Gasteiger partial charge in [0.1, 0.15) is 11.0 Å². The Morgan fingerprint density at radius 1 is 1.27 bits per heavy atom. The molecule has 0 atom stereocenters. The lowest BCUT2D eigenvalue weighted by molar-refractivity contribution is 0.0949. The van der Waals surface area contributed by atoms with E-state index in [1.54, 1.807) is 30.6 Å². The second-order valence-electron chi connectivity index (χ2n) is 4.40. The largest absolute Gasteiger partial charge is 0.345 e. The van der Waals surface area contributed by atoms with Gasteiger partial charge in [-0.2, -0.15) is 5.10 Å². The maximum absolute atomic E-state index is 11.9. The fourth-order valence-electron chi connectivity index (χ4n) is 1.77. The predicted octanol–water partition coefficient (Wildman–Crippen LogP) is 1.85. The smallest absolute Gasteiger partial charge is 0.253 e. The minimum absolute atomic E-state index is 0.231. The number of aromatic amines is 1. The van der Waals surface area contributed by atoms with E-state index in [1.165, 1.54) is 6.20 Å². The number of hydrogen-bond donors (Lipinski definition) is 2. The Labute approximate surface area is 130 Å². The molecule has 3 heterocycles. The van der Waals surface area contributed by atoms with Crippen LogP contribution in [0.4, 0.5) is 0 Å². The second-order valence-corrected chi connectivity index (χ2v) is 4.79. The van der Waals surface area contributed by atoms with Crippen molar-refractivity contribution in [3.05, 3.63) is 59.4 Å². The van der Waals surface area contributed by atoms with Crippen LogP contribution in [0.1, 0.15) is 16.2 Å². The molecule has 0 saturated heterocycles. The number of carbonyl (C=O) groups is 1.